The fourth-order valence-electron chi connectivity index (χ4n) is 4.73. The van der Waals surface area contributed by atoms with E-state index in [0.29, 0.717) is 5.56 Å². The predicted octanol–water partition coefficient (Wildman–Crippen LogP) is 6.62. The average molecular weight is 702 g/mol. The lowest BCUT2D eigenvalue weighted by molar-refractivity contribution is -0.155. The second-order valence-corrected chi connectivity index (χ2v) is 19.7. The van der Waals surface area contributed by atoms with Crippen LogP contribution in [0.3, 0.4) is 0 Å². The minimum absolute atomic E-state index is 0.0260. The zero-order chi connectivity index (χ0) is 33.9. The summed E-state index contributed by atoms with van der Waals surface area (Å²) in [5, 5.41) is 4.03. The largest absolute Gasteiger partial charge is 0.544 e. The van der Waals surface area contributed by atoms with E-state index in [-0.39, 0.29) is 23.8 Å². The lowest BCUT2D eigenvalue weighted by atomic mass is 9.99. The smallest absolute Gasteiger partial charge is 0.308 e. The van der Waals surface area contributed by atoms with Gasteiger partial charge in [0.2, 0.25) is 20.1 Å². The maximum Gasteiger partial charge on any atom is 0.308 e. The summed E-state index contributed by atoms with van der Waals surface area (Å²) in [5.74, 6) is -0.511. The third-order valence-corrected chi connectivity index (χ3v) is 13.3. The van der Waals surface area contributed by atoms with Crippen LogP contribution >= 0.6 is 15.9 Å². The summed E-state index contributed by atoms with van der Waals surface area (Å²) < 4.78 is 12.8. The number of halogens is 1. The lowest BCUT2D eigenvalue weighted by Gasteiger charge is -2.36. The Balaban J connectivity index is 1.98. The first-order chi connectivity index (χ1) is 20.7. The van der Waals surface area contributed by atoms with Gasteiger partial charge in [0, 0.05) is 24.4 Å². The Labute approximate surface area is 276 Å². The van der Waals surface area contributed by atoms with Crippen LogP contribution in [0.15, 0.2) is 53.1 Å². The van der Waals surface area contributed by atoms with Crippen LogP contribution in [-0.4, -0.2) is 60.7 Å². The van der Waals surface area contributed by atoms with Crippen molar-refractivity contribution in [3.05, 3.63) is 64.3 Å². The Bertz CT molecular complexity index is 1510. The zero-order valence-corrected chi connectivity index (χ0v) is 30.8. The topological polar surface area (TPSA) is 127 Å². The molecule has 11 heteroatoms. The van der Waals surface area contributed by atoms with E-state index in [0.717, 1.165) is 26.8 Å². The van der Waals surface area contributed by atoms with Crippen LogP contribution in [0.4, 0.5) is 0 Å². The number of fused-ring (bicyclic) bond motifs is 1. The van der Waals surface area contributed by atoms with Crippen molar-refractivity contribution in [2.45, 2.75) is 103 Å². The summed E-state index contributed by atoms with van der Waals surface area (Å²) in [7, 11) is -0.493. The third kappa shape index (κ3) is 9.43. The molecule has 3 rings (SSSR count). The van der Waals surface area contributed by atoms with Gasteiger partial charge in [-0.15, -0.1) is 0 Å². The second kappa shape index (κ2) is 14.1. The Morgan fingerprint density at radius 1 is 1.02 bits per heavy atom. The minimum atomic E-state index is -2.07. The molecule has 0 radical (unpaired) electrons. The quantitative estimate of drug-likeness (QED) is 0.152. The minimum Gasteiger partial charge on any atom is -0.544 e. The van der Waals surface area contributed by atoms with Gasteiger partial charge in [-0.3, -0.25) is 14.4 Å². The van der Waals surface area contributed by atoms with E-state index < -0.39 is 43.9 Å². The highest BCUT2D eigenvalue weighted by molar-refractivity contribution is 9.10. The molecule has 0 saturated carbocycles. The number of H-pyrrole nitrogens is 1. The number of hydrogen-bond donors (Lipinski definition) is 3. The van der Waals surface area contributed by atoms with E-state index in [9.17, 15) is 14.4 Å². The molecule has 0 saturated heterocycles. The van der Waals surface area contributed by atoms with Crippen molar-refractivity contribution in [1.29, 1.82) is 0 Å². The Morgan fingerprint density at radius 3 is 2.18 bits per heavy atom. The number of rotatable bonds is 11. The summed E-state index contributed by atoms with van der Waals surface area (Å²) in [6.07, 6.45) is 0.115. The van der Waals surface area contributed by atoms with Gasteiger partial charge in [-0.25, -0.2) is 0 Å². The van der Waals surface area contributed by atoms with Crippen molar-refractivity contribution >= 4 is 52.9 Å². The van der Waals surface area contributed by atoms with Crippen LogP contribution in [0.5, 0.6) is 5.75 Å². The summed E-state index contributed by atoms with van der Waals surface area (Å²) in [6.45, 7) is 17.9. The first-order valence-corrected chi connectivity index (χ1v) is 19.0. The van der Waals surface area contributed by atoms with Gasteiger partial charge < -0.3 is 30.1 Å². The number of likely N-dealkylation sites (N-methyl/N-ethyl adjacent to an activating group) is 1. The molecule has 4 N–H and O–H groups in total. The molecule has 9 nitrogen and oxygen atoms in total. The second-order valence-electron chi connectivity index (χ2n) is 14.2. The molecular weight excluding hydrogens is 652 g/mol. The number of carbonyl (C=O) groups is 3. The number of aromatic amines is 1. The van der Waals surface area contributed by atoms with E-state index in [2.05, 4.69) is 60.1 Å². The molecule has 0 bridgehead atoms. The molecule has 3 aromatic rings. The normalized spacial score (nSPS) is 14.4. The number of benzene rings is 2. The van der Waals surface area contributed by atoms with E-state index >= 15 is 0 Å². The van der Waals surface area contributed by atoms with Crippen LogP contribution in [0.25, 0.3) is 10.9 Å². The fourth-order valence-corrected chi connectivity index (χ4v) is 6.35. The number of nitrogens with one attached hydrogen (secondary N) is 2. The number of amides is 2. The van der Waals surface area contributed by atoms with Crippen molar-refractivity contribution in [1.82, 2.24) is 15.2 Å². The molecule has 246 valence electrons. The van der Waals surface area contributed by atoms with Crippen LogP contribution < -0.4 is 15.5 Å². The first-order valence-electron chi connectivity index (χ1n) is 15.3. The van der Waals surface area contributed by atoms with Crippen LogP contribution in [0.2, 0.25) is 18.1 Å². The molecule has 0 aliphatic rings. The molecule has 0 fully saturated rings. The molecule has 0 spiro atoms. The fraction of sp³-hybridized carbons (Fsp3) is 0.500. The number of ether oxygens (including phenoxy) is 1. The zero-order valence-electron chi connectivity index (χ0n) is 28.2. The van der Waals surface area contributed by atoms with E-state index in [1.165, 1.54) is 4.90 Å². The summed E-state index contributed by atoms with van der Waals surface area (Å²) in [6, 6.07) is 12.8. The van der Waals surface area contributed by atoms with Crippen molar-refractivity contribution in [2.75, 3.05) is 7.05 Å². The molecule has 2 aromatic carbocycles. The van der Waals surface area contributed by atoms with E-state index in [4.69, 9.17) is 14.9 Å². The number of nitrogens with zero attached hydrogens (tertiary/aromatic N) is 1. The molecule has 1 aromatic heterocycles. The highest BCUT2D eigenvalue weighted by atomic mass is 79.9. The average Bonchev–Trinajstić information content (AvgIpc) is 3.23. The van der Waals surface area contributed by atoms with Gasteiger partial charge in [-0.2, -0.15) is 0 Å². The Morgan fingerprint density at radius 2 is 1.62 bits per heavy atom. The summed E-state index contributed by atoms with van der Waals surface area (Å²) >= 11 is 3.60. The SMILES string of the molecule is C[C@H](N)C(=O)N(C)[C@H](Cc1c(Br)[nH]c2ccccc12)C(=O)N[C@H](CC(=O)OC(C)(C)C)c1ccc(O[Si](C)(C)C(C)(C)C)cc1. The monoisotopic (exact) mass is 700 g/mol. The van der Waals surface area contributed by atoms with Gasteiger partial charge in [0.25, 0.3) is 0 Å². The van der Waals surface area contributed by atoms with Crippen molar-refractivity contribution in [3.63, 3.8) is 0 Å². The molecule has 45 heavy (non-hydrogen) atoms. The summed E-state index contributed by atoms with van der Waals surface area (Å²) in [4.78, 5) is 45.0. The number of carbonyl (C=O) groups excluding carboxylic acids is 3. The van der Waals surface area contributed by atoms with Gasteiger partial charge in [0.1, 0.15) is 17.4 Å². The van der Waals surface area contributed by atoms with Crippen LogP contribution in [0.1, 0.15) is 72.1 Å². The van der Waals surface area contributed by atoms with Crippen molar-refractivity contribution in [3.8, 4) is 5.75 Å². The Hall–Kier alpha value is -3.15. The lowest BCUT2D eigenvalue weighted by Crippen LogP contribution is -2.53. The number of hydrogen-bond acceptors (Lipinski definition) is 6. The molecule has 3 atom stereocenters. The van der Waals surface area contributed by atoms with Crippen molar-refractivity contribution in [2.24, 2.45) is 5.73 Å². The summed E-state index contributed by atoms with van der Waals surface area (Å²) in [5.41, 5.74) is 7.74. The Kier molecular flexibility index (Phi) is 11.4. The maximum absolute atomic E-state index is 14.2. The van der Waals surface area contributed by atoms with Gasteiger partial charge in [-0.05, 0) is 91.1 Å². The number of esters is 1. The predicted molar refractivity (Wildman–Crippen MR) is 186 cm³/mol. The van der Waals surface area contributed by atoms with Crippen LogP contribution in [-0.2, 0) is 25.5 Å². The number of nitrogens with two attached hydrogens (primary N) is 1. The highest BCUT2D eigenvalue weighted by Crippen LogP contribution is 2.37. The van der Waals surface area contributed by atoms with E-state index in [1.54, 1.807) is 34.7 Å². The molecule has 0 aliphatic carbocycles. The number of aromatic nitrogens is 1. The molecule has 2 amide bonds. The first kappa shape index (κ1) is 36.3. The van der Waals surface area contributed by atoms with Gasteiger partial charge in [-0.1, -0.05) is 51.1 Å². The van der Waals surface area contributed by atoms with E-state index in [1.807, 2.05) is 48.5 Å². The van der Waals surface area contributed by atoms with Gasteiger partial charge in [0.05, 0.1) is 23.1 Å². The van der Waals surface area contributed by atoms with Crippen molar-refractivity contribution < 1.29 is 23.5 Å². The van der Waals surface area contributed by atoms with Gasteiger partial charge in [0.15, 0.2) is 0 Å². The molecular formula is C34H49BrN4O5Si. The molecule has 0 unspecified atom stereocenters. The molecule has 1 heterocycles. The highest BCUT2D eigenvalue weighted by Gasteiger charge is 2.39. The molecule has 0 aliphatic heterocycles. The third-order valence-electron chi connectivity index (χ3n) is 8.24. The van der Waals surface area contributed by atoms with Gasteiger partial charge >= 0.3 is 5.97 Å². The standard InChI is InChI=1S/C34H49BrN4O5Si/c1-21(36)32(42)39(8)28(19-25-24-13-11-12-14-26(24)37-30(25)35)31(41)38-27(20-29(40)43-33(2,3)4)22-15-17-23(18-16-22)44-45(9,10)34(5,6)7/h11-18,21,27-28,37H,19-20,36H2,1-10H3,(H,38,41)/t21-,27+,28+/m0/s1. The van der Waals surface area contributed by atoms with Crippen LogP contribution in [0, 0.1) is 0 Å². The number of para-hydroxylation sites is 1. The maximum atomic E-state index is 14.2.